The molecule has 2 aromatic heterocycles. The van der Waals surface area contributed by atoms with Gasteiger partial charge in [-0.1, -0.05) is 17.7 Å². The zero-order chi connectivity index (χ0) is 19.6. The molecule has 2 aromatic rings. The number of halogens is 4. The van der Waals surface area contributed by atoms with Crippen LogP contribution in [-0.4, -0.2) is 29.0 Å². The molecule has 1 aliphatic rings. The number of carbonyl (C=O) groups is 1. The van der Waals surface area contributed by atoms with Crippen LogP contribution in [0.15, 0.2) is 30.6 Å². The monoisotopic (exact) mass is 398 g/mol. The molecule has 1 amide bonds. The zero-order valence-corrected chi connectivity index (χ0v) is 15.3. The SMILES string of the molecule is Cc1cccnc1NC(=O)C1CCN(c2ncc(C(F)(F)F)cc2Cl)CC1. The molecule has 27 heavy (non-hydrogen) atoms. The molecule has 1 saturated heterocycles. The molecule has 144 valence electrons. The van der Waals surface area contributed by atoms with E-state index < -0.39 is 11.7 Å². The smallest absolute Gasteiger partial charge is 0.355 e. The second-order valence-electron chi connectivity index (χ2n) is 6.45. The first-order chi connectivity index (χ1) is 12.8. The van der Waals surface area contributed by atoms with Gasteiger partial charge in [-0.3, -0.25) is 4.79 Å². The number of hydrogen-bond acceptors (Lipinski definition) is 4. The van der Waals surface area contributed by atoms with Gasteiger partial charge in [0.25, 0.3) is 0 Å². The zero-order valence-electron chi connectivity index (χ0n) is 14.6. The standard InChI is InChI=1S/C18H18ClF3N4O/c1-11-3-2-6-23-15(11)25-17(27)12-4-7-26(8-5-12)16-14(19)9-13(10-24-16)18(20,21)22/h2-3,6,9-10,12H,4-5,7-8H2,1H3,(H,23,25,27). The van der Waals surface area contributed by atoms with Crippen molar-refractivity contribution < 1.29 is 18.0 Å². The summed E-state index contributed by atoms with van der Waals surface area (Å²) in [5, 5.41) is 2.79. The summed E-state index contributed by atoms with van der Waals surface area (Å²) in [6.45, 7) is 2.83. The molecule has 0 unspecified atom stereocenters. The van der Waals surface area contributed by atoms with E-state index in [9.17, 15) is 18.0 Å². The van der Waals surface area contributed by atoms with E-state index in [0.717, 1.165) is 17.8 Å². The van der Waals surface area contributed by atoms with Gasteiger partial charge >= 0.3 is 6.18 Å². The van der Waals surface area contributed by atoms with Crippen molar-refractivity contribution in [1.82, 2.24) is 9.97 Å². The topological polar surface area (TPSA) is 58.1 Å². The predicted octanol–water partition coefficient (Wildman–Crippen LogP) is 4.31. The number of piperidine rings is 1. The number of aromatic nitrogens is 2. The van der Waals surface area contributed by atoms with Gasteiger partial charge in [0.1, 0.15) is 11.6 Å². The number of nitrogens with zero attached hydrogens (tertiary/aromatic N) is 3. The molecule has 1 fully saturated rings. The molecule has 3 heterocycles. The molecule has 5 nitrogen and oxygen atoms in total. The van der Waals surface area contributed by atoms with Crippen molar-refractivity contribution in [1.29, 1.82) is 0 Å². The van der Waals surface area contributed by atoms with E-state index in [1.54, 1.807) is 17.2 Å². The molecule has 0 spiro atoms. The Balaban J connectivity index is 1.62. The maximum Gasteiger partial charge on any atom is 0.417 e. The lowest BCUT2D eigenvalue weighted by molar-refractivity contribution is -0.137. The summed E-state index contributed by atoms with van der Waals surface area (Å²) in [6, 6.07) is 4.54. The van der Waals surface area contributed by atoms with Gasteiger partial charge in [-0.05, 0) is 37.5 Å². The summed E-state index contributed by atoms with van der Waals surface area (Å²) in [5.74, 6) is 0.542. The van der Waals surface area contributed by atoms with Gasteiger partial charge in [-0.25, -0.2) is 9.97 Å². The maximum absolute atomic E-state index is 12.7. The summed E-state index contributed by atoms with van der Waals surface area (Å²) in [5.41, 5.74) is 0.000247. The van der Waals surface area contributed by atoms with Crippen molar-refractivity contribution in [2.45, 2.75) is 25.9 Å². The molecule has 3 rings (SSSR count). The predicted molar refractivity (Wildman–Crippen MR) is 96.8 cm³/mol. The molecule has 1 aliphatic heterocycles. The molecule has 0 aromatic carbocycles. The van der Waals surface area contributed by atoms with Gasteiger partial charge < -0.3 is 10.2 Å². The van der Waals surface area contributed by atoms with Crippen LogP contribution in [0.1, 0.15) is 24.0 Å². The Morgan fingerprint density at radius 2 is 2.00 bits per heavy atom. The summed E-state index contributed by atoms with van der Waals surface area (Å²) in [4.78, 5) is 22.3. The van der Waals surface area contributed by atoms with E-state index in [1.807, 2.05) is 13.0 Å². The van der Waals surface area contributed by atoms with Gasteiger partial charge in [0.2, 0.25) is 5.91 Å². The second-order valence-corrected chi connectivity index (χ2v) is 6.85. The van der Waals surface area contributed by atoms with Crippen molar-refractivity contribution >= 4 is 29.1 Å². The fourth-order valence-corrected chi connectivity index (χ4v) is 3.29. The first kappa shape index (κ1) is 19.4. The summed E-state index contributed by atoms with van der Waals surface area (Å²) >= 11 is 6.00. The number of alkyl halides is 3. The van der Waals surface area contributed by atoms with Crippen LogP contribution in [0.25, 0.3) is 0 Å². The molecule has 0 atom stereocenters. The average molecular weight is 399 g/mol. The number of anilines is 2. The van der Waals surface area contributed by atoms with Crippen LogP contribution in [0.4, 0.5) is 24.8 Å². The number of hydrogen-bond donors (Lipinski definition) is 1. The molecular formula is C18H18ClF3N4O. The van der Waals surface area contributed by atoms with Gasteiger partial charge in [0.05, 0.1) is 10.6 Å². The minimum Gasteiger partial charge on any atom is -0.355 e. The fourth-order valence-electron chi connectivity index (χ4n) is 3.01. The third-order valence-corrected chi connectivity index (χ3v) is 4.84. The Kier molecular flexibility index (Phi) is 5.55. The molecule has 9 heteroatoms. The normalized spacial score (nSPS) is 15.7. The van der Waals surface area contributed by atoms with Gasteiger partial charge in [0.15, 0.2) is 0 Å². The lowest BCUT2D eigenvalue weighted by Crippen LogP contribution is -2.39. The van der Waals surface area contributed by atoms with E-state index in [-0.39, 0.29) is 16.8 Å². The van der Waals surface area contributed by atoms with Crippen molar-refractivity contribution in [2.75, 3.05) is 23.3 Å². The average Bonchev–Trinajstić information content (AvgIpc) is 2.63. The number of rotatable bonds is 3. The van der Waals surface area contributed by atoms with Gasteiger partial charge in [-0.2, -0.15) is 13.2 Å². The third-order valence-electron chi connectivity index (χ3n) is 4.57. The number of aryl methyl sites for hydroxylation is 1. The quantitative estimate of drug-likeness (QED) is 0.836. The van der Waals surface area contributed by atoms with E-state index in [4.69, 9.17) is 11.6 Å². The van der Waals surface area contributed by atoms with Crippen molar-refractivity contribution in [2.24, 2.45) is 5.92 Å². The first-order valence-corrected chi connectivity index (χ1v) is 8.83. The van der Waals surface area contributed by atoms with Gasteiger partial charge in [0, 0.05) is 31.4 Å². The number of pyridine rings is 2. The van der Waals surface area contributed by atoms with E-state index in [1.165, 1.54) is 0 Å². The summed E-state index contributed by atoms with van der Waals surface area (Å²) in [7, 11) is 0. The van der Waals surface area contributed by atoms with Crippen LogP contribution >= 0.6 is 11.6 Å². The highest BCUT2D eigenvalue weighted by Crippen LogP contribution is 2.34. The van der Waals surface area contributed by atoms with Crippen molar-refractivity contribution in [3.8, 4) is 0 Å². The molecule has 0 radical (unpaired) electrons. The van der Waals surface area contributed by atoms with Crippen LogP contribution in [0.2, 0.25) is 5.02 Å². The first-order valence-electron chi connectivity index (χ1n) is 8.46. The number of amides is 1. The Morgan fingerprint density at radius 3 is 2.59 bits per heavy atom. The second kappa shape index (κ2) is 7.72. The Hall–Kier alpha value is -2.35. The van der Waals surface area contributed by atoms with E-state index in [0.29, 0.717) is 37.6 Å². The Labute approximate surface area is 159 Å². The van der Waals surface area contributed by atoms with Crippen molar-refractivity contribution in [3.05, 3.63) is 46.7 Å². The number of carbonyl (C=O) groups excluding carboxylic acids is 1. The largest absolute Gasteiger partial charge is 0.417 e. The van der Waals surface area contributed by atoms with Gasteiger partial charge in [-0.15, -0.1) is 0 Å². The number of nitrogens with one attached hydrogen (secondary N) is 1. The summed E-state index contributed by atoms with van der Waals surface area (Å²) < 4.78 is 38.2. The van der Waals surface area contributed by atoms with Crippen molar-refractivity contribution in [3.63, 3.8) is 0 Å². The minimum atomic E-state index is -4.48. The highest BCUT2D eigenvalue weighted by molar-refractivity contribution is 6.33. The van der Waals surface area contributed by atoms with Crippen LogP contribution in [-0.2, 0) is 11.0 Å². The maximum atomic E-state index is 12.7. The fraction of sp³-hybridized carbons (Fsp3) is 0.389. The molecule has 0 saturated carbocycles. The van der Waals surface area contributed by atoms with E-state index >= 15 is 0 Å². The highest BCUT2D eigenvalue weighted by atomic mass is 35.5. The highest BCUT2D eigenvalue weighted by Gasteiger charge is 2.33. The minimum absolute atomic E-state index is 0.0446. The van der Waals surface area contributed by atoms with Crippen LogP contribution in [0, 0.1) is 12.8 Å². The molecular weight excluding hydrogens is 381 g/mol. The van der Waals surface area contributed by atoms with E-state index in [2.05, 4.69) is 15.3 Å². The summed E-state index contributed by atoms with van der Waals surface area (Å²) in [6.07, 6.45) is -0.981. The Morgan fingerprint density at radius 1 is 1.30 bits per heavy atom. The Bertz CT molecular complexity index is 836. The van der Waals surface area contributed by atoms with Crippen LogP contribution < -0.4 is 10.2 Å². The molecule has 1 N–H and O–H groups in total. The molecule has 0 aliphatic carbocycles. The third kappa shape index (κ3) is 4.50. The van der Waals surface area contributed by atoms with Crippen LogP contribution in [0.3, 0.4) is 0 Å². The lowest BCUT2D eigenvalue weighted by atomic mass is 9.96. The van der Waals surface area contributed by atoms with Crippen LogP contribution in [0.5, 0.6) is 0 Å². The lowest BCUT2D eigenvalue weighted by Gasteiger charge is -2.32. The molecule has 0 bridgehead atoms.